The summed E-state index contributed by atoms with van der Waals surface area (Å²) in [6, 6.07) is 0. The van der Waals surface area contributed by atoms with Crippen LogP contribution in [0.5, 0.6) is 0 Å². The topological polar surface area (TPSA) is 77.8 Å². The van der Waals surface area contributed by atoms with Gasteiger partial charge in [-0.3, -0.25) is 4.79 Å². The van der Waals surface area contributed by atoms with E-state index in [2.05, 4.69) is 0 Å². The predicted octanol–water partition coefficient (Wildman–Crippen LogP) is 0.000600. The van der Waals surface area contributed by atoms with E-state index >= 15 is 0 Å². The molecule has 1 unspecified atom stereocenters. The van der Waals surface area contributed by atoms with Gasteiger partial charge in [-0.15, -0.1) is 0 Å². The van der Waals surface area contributed by atoms with Gasteiger partial charge >= 0.3 is 5.97 Å². The average molecular weight is 213 g/mol. The molecule has 1 aliphatic rings. The third-order valence-electron chi connectivity index (χ3n) is 2.37. The number of hydrogen-bond acceptors (Lipinski definition) is 3. The van der Waals surface area contributed by atoms with Gasteiger partial charge in [0.1, 0.15) is 0 Å². The fourth-order valence-electron chi connectivity index (χ4n) is 1.49. The van der Waals surface area contributed by atoms with Crippen molar-refractivity contribution in [2.45, 2.75) is 25.9 Å². The minimum atomic E-state index is -1.77. The number of rotatable bonds is 2. The van der Waals surface area contributed by atoms with Crippen LogP contribution >= 0.6 is 0 Å². The van der Waals surface area contributed by atoms with Crippen molar-refractivity contribution >= 4 is 11.9 Å². The third kappa shape index (κ3) is 2.56. The molecule has 1 rings (SSSR count). The smallest absolute Gasteiger partial charge is 0.337 e. The summed E-state index contributed by atoms with van der Waals surface area (Å²) in [5.41, 5.74) is -0.920. The molecule has 1 saturated heterocycles. The van der Waals surface area contributed by atoms with E-state index in [9.17, 15) is 14.7 Å². The van der Waals surface area contributed by atoms with Crippen LogP contribution < -0.4 is 0 Å². The molecule has 0 aromatic heterocycles. The molecule has 1 amide bonds. The van der Waals surface area contributed by atoms with Gasteiger partial charge in [0.25, 0.3) is 0 Å². The number of carbonyl (C=O) groups excluding carboxylic acids is 1. The molecule has 2 N–H and O–H groups in total. The van der Waals surface area contributed by atoms with Crippen molar-refractivity contribution in [2.24, 2.45) is 0 Å². The molecule has 0 bridgehead atoms. The Morgan fingerprint density at radius 3 is 2.40 bits per heavy atom. The lowest BCUT2D eigenvalue weighted by Crippen LogP contribution is -2.42. The van der Waals surface area contributed by atoms with E-state index in [1.165, 1.54) is 11.0 Å². The van der Waals surface area contributed by atoms with Crippen LogP contribution in [-0.4, -0.2) is 45.7 Å². The normalized spacial score (nSPS) is 25.1. The Labute approximate surface area is 88.0 Å². The van der Waals surface area contributed by atoms with Crippen molar-refractivity contribution < 1.29 is 19.8 Å². The summed E-state index contributed by atoms with van der Waals surface area (Å²) in [6.45, 7) is 3.73. The zero-order valence-corrected chi connectivity index (χ0v) is 8.86. The lowest BCUT2D eigenvalue weighted by molar-refractivity contribution is -0.157. The molecular formula is C10H15NO4. The second-order valence-electron chi connectivity index (χ2n) is 4.07. The minimum Gasteiger partial charge on any atom is -0.479 e. The number of aliphatic carboxylic acids is 1. The molecule has 0 spiro atoms. The maximum Gasteiger partial charge on any atom is 0.337 e. The van der Waals surface area contributed by atoms with E-state index in [-0.39, 0.29) is 25.4 Å². The molecule has 0 aromatic rings. The highest BCUT2D eigenvalue weighted by atomic mass is 16.4. The summed E-state index contributed by atoms with van der Waals surface area (Å²) in [5, 5.41) is 18.4. The first-order valence-electron chi connectivity index (χ1n) is 4.75. The molecule has 15 heavy (non-hydrogen) atoms. The third-order valence-corrected chi connectivity index (χ3v) is 2.37. The van der Waals surface area contributed by atoms with Crippen molar-refractivity contribution in [1.82, 2.24) is 4.90 Å². The summed E-state index contributed by atoms with van der Waals surface area (Å²) >= 11 is 0. The van der Waals surface area contributed by atoms with Gasteiger partial charge in [-0.25, -0.2) is 4.79 Å². The first-order valence-corrected chi connectivity index (χ1v) is 4.75. The van der Waals surface area contributed by atoms with Gasteiger partial charge in [-0.05, 0) is 13.8 Å². The lowest BCUT2D eigenvalue weighted by atomic mass is 10.0. The van der Waals surface area contributed by atoms with Gasteiger partial charge < -0.3 is 15.1 Å². The van der Waals surface area contributed by atoms with Gasteiger partial charge in [0.15, 0.2) is 5.60 Å². The summed E-state index contributed by atoms with van der Waals surface area (Å²) in [5.74, 6) is -1.51. The Balaban J connectivity index is 2.68. The Bertz CT molecular complexity index is 319. The molecule has 1 atom stereocenters. The Morgan fingerprint density at radius 2 is 2.00 bits per heavy atom. The van der Waals surface area contributed by atoms with Crippen molar-refractivity contribution in [3.05, 3.63) is 11.6 Å². The van der Waals surface area contributed by atoms with Gasteiger partial charge in [0, 0.05) is 19.0 Å². The molecule has 0 saturated carbocycles. The summed E-state index contributed by atoms with van der Waals surface area (Å²) < 4.78 is 0. The van der Waals surface area contributed by atoms with Crippen LogP contribution in [0.15, 0.2) is 11.6 Å². The molecule has 1 heterocycles. The monoisotopic (exact) mass is 213 g/mol. The molecule has 0 aliphatic carbocycles. The molecule has 0 radical (unpaired) electrons. The van der Waals surface area contributed by atoms with Gasteiger partial charge in [-0.1, -0.05) is 5.57 Å². The molecular weight excluding hydrogens is 198 g/mol. The zero-order valence-electron chi connectivity index (χ0n) is 8.86. The SMILES string of the molecule is CC(C)=CC(=O)N1CCC(O)(C(=O)O)C1. The second-order valence-corrected chi connectivity index (χ2v) is 4.07. The first kappa shape index (κ1) is 11.7. The standard InChI is InChI=1S/C10H15NO4/c1-7(2)5-8(12)11-4-3-10(15,6-11)9(13)14/h5,15H,3-4,6H2,1-2H3,(H,13,14). The van der Waals surface area contributed by atoms with E-state index in [0.717, 1.165) is 5.57 Å². The fraction of sp³-hybridized carbons (Fsp3) is 0.600. The Hall–Kier alpha value is -1.36. The van der Waals surface area contributed by atoms with Crippen LogP contribution in [0.4, 0.5) is 0 Å². The zero-order chi connectivity index (χ0) is 11.6. The van der Waals surface area contributed by atoms with E-state index in [1.807, 2.05) is 0 Å². The molecule has 1 aliphatic heterocycles. The highest BCUT2D eigenvalue weighted by molar-refractivity contribution is 5.89. The second kappa shape index (κ2) is 4.02. The molecule has 84 valence electrons. The van der Waals surface area contributed by atoms with Crippen LogP contribution in [0.3, 0.4) is 0 Å². The number of aliphatic hydroxyl groups is 1. The molecule has 1 fully saturated rings. The van der Waals surface area contributed by atoms with E-state index in [0.29, 0.717) is 0 Å². The predicted molar refractivity (Wildman–Crippen MR) is 53.2 cm³/mol. The van der Waals surface area contributed by atoms with Crippen molar-refractivity contribution in [1.29, 1.82) is 0 Å². The number of nitrogens with zero attached hydrogens (tertiary/aromatic N) is 1. The van der Waals surface area contributed by atoms with E-state index in [1.54, 1.807) is 13.8 Å². The Morgan fingerprint density at radius 1 is 1.40 bits per heavy atom. The summed E-state index contributed by atoms with van der Waals surface area (Å²) in [6.07, 6.45) is 1.53. The number of likely N-dealkylation sites (tertiary alicyclic amines) is 1. The largest absolute Gasteiger partial charge is 0.479 e. The van der Waals surface area contributed by atoms with Crippen LogP contribution in [0.2, 0.25) is 0 Å². The average Bonchev–Trinajstić information content (AvgIpc) is 2.48. The molecule has 0 aromatic carbocycles. The number of carbonyl (C=O) groups is 2. The molecule has 5 heteroatoms. The Kier molecular flexibility index (Phi) is 3.14. The molecule has 5 nitrogen and oxygen atoms in total. The maximum atomic E-state index is 11.5. The van der Waals surface area contributed by atoms with E-state index < -0.39 is 11.6 Å². The number of carboxylic acids is 1. The number of β-amino-alcohol motifs (C(OH)–C–C–N with tert-alkyl or cyclic N) is 1. The first-order chi connectivity index (χ1) is 6.85. The van der Waals surface area contributed by atoms with Crippen molar-refractivity contribution in [3.63, 3.8) is 0 Å². The number of amides is 1. The number of hydrogen-bond donors (Lipinski definition) is 2. The van der Waals surface area contributed by atoms with Gasteiger partial charge in [-0.2, -0.15) is 0 Å². The van der Waals surface area contributed by atoms with Crippen LogP contribution in [0.1, 0.15) is 20.3 Å². The van der Waals surface area contributed by atoms with Gasteiger partial charge in [0.05, 0.1) is 6.54 Å². The quantitative estimate of drug-likeness (QED) is 0.633. The van der Waals surface area contributed by atoms with Crippen LogP contribution in [-0.2, 0) is 9.59 Å². The highest BCUT2D eigenvalue weighted by Crippen LogP contribution is 2.21. The van der Waals surface area contributed by atoms with Gasteiger partial charge in [0.2, 0.25) is 5.91 Å². The van der Waals surface area contributed by atoms with Crippen LogP contribution in [0.25, 0.3) is 0 Å². The fourth-order valence-corrected chi connectivity index (χ4v) is 1.49. The summed E-state index contributed by atoms with van der Waals surface area (Å²) in [7, 11) is 0. The van der Waals surface area contributed by atoms with E-state index in [4.69, 9.17) is 5.11 Å². The van der Waals surface area contributed by atoms with Crippen molar-refractivity contribution in [2.75, 3.05) is 13.1 Å². The van der Waals surface area contributed by atoms with Crippen molar-refractivity contribution in [3.8, 4) is 0 Å². The number of carboxylic acid groups (broad SMARTS) is 1. The van der Waals surface area contributed by atoms with Crippen LogP contribution in [0, 0.1) is 0 Å². The highest BCUT2D eigenvalue weighted by Gasteiger charge is 2.44. The maximum absolute atomic E-state index is 11.5. The minimum absolute atomic E-state index is 0.0880. The summed E-state index contributed by atoms with van der Waals surface area (Å²) in [4.78, 5) is 23.6. The number of allylic oxidation sites excluding steroid dienone is 1. The lowest BCUT2D eigenvalue weighted by Gasteiger charge is -2.18.